The number of nitro groups is 2. The summed E-state index contributed by atoms with van der Waals surface area (Å²) >= 11 is 0. The van der Waals surface area contributed by atoms with Crippen LogP contribution >= 0.6 is 0 Å². The van der Waals surface area contributed by atoms with Crippen molar-refractivity contribution in [1.29, 1.82) is 21.0 Å². The first-order valence-electron chi connectivity index (χ1n) is 38.2. The molecule has 0 aliphatic heterocycles. The Morgan fingerprint density at radius 1 is 0.418 bits per heavy atom. The molecule has 30 heteroatoms. The number of rotatable bonds is 40. The zero-order valence-corrected chi connectivity index (χ0v) is 66.7. The van der Waals surface area contributed by atoms with Gasteiger partial charge in [-0.3, -0.25) is 34.6 Å². The van der Waals surface area contributed by atoms with Crippen molar-refractivity contribution in [3.63, 3.8) is 0 Å². The lowest BCUT2D eigenvalue weighted by molar-refractivity contribution is -0.385. The highest BCUT2D eigenvalue weighted by Gasteiger charge is 2.41. The number of esters is 5. The zero-order valence-electron chi connectivity index (χ0n) is 66.7. The van der Waals surface area contributed by atoms with Gasteiger partial charge in [-0.2, -0.15) is 41.5 Å². The highest BCUT2D eigenvalue weighted by molar-refractivity contribution is 5.83. The molecule has 0 aliphatic rings. The lowest BCUT2D eigenvalue weighted by Gasteiger charge is -2.26. The van der Waals surface area contributed by atoms with E-state index >= 15 is 0 Å². The first-order chi connectivity index (χ1) is 59.3. The van der Waals surface area contributed by atoms with Crippen molar-refractivity contribution in [3.8, 4) is 74.9 Å². The van der Waals surface area contributed by atoms with E-state index in [1.165, 1.54) is 48.5 Å². The summed E-state index contributed by atoms with van der Waals surface area (Å²) in [6.45, 7) is 16.0. The third-order valence-electron chi connectivity index (χ3n) is 18.0. The molecule has 10 aromatic carbocycles. The molecule has 0 fully saturated rings. The molecule has 30 nitrogen and oxygen atoms in total. The maximum absolute atomic E-state index is 13.8. The number of azo groups is 2. The van der Waals surface area contributed by atoms with Crippen LogP contribution in [0.2, 0.25) is 0 Å². The van der Waals surface area contributed by atoms with Crippen molar-refractivity contribution in [2.75, 3.05) is 95.4 Å². The van der Waals surface area contributed by atoms with Gasteiger partial charge in [-0.05, 0) is 206 Å². The highest BCUT2D eigenvalue weighted by atomic mass is 16.6. The average Bonchev–Trinajstić information content (AvgIpc) is 0.855. The molecule has 0 N–H and O–H groups in total. The van der Waals surface area contributed by atoms with Crippen LogP contribution in [0.1, 0.15) is 56.2 Å². The van der Waals surface area contributed by atoms with Gasteiger partial charge >= 0.3 is 36.4 Å². The molecule has 618 valence electrons. The predicted molar refractivity (Wildman–Crippen MR) is 452 cm³/mol. The summed E-state index contributed by atoms with van der Waals surface area (Å²) < 4.78 is 43.3. The number of nitrogens with zero attached hydrogens (tertiary/aromatic N) is 13. The molecular formula is C92H83N13O17. The molecule has 0 amide bonds. The molecular weight excluding hydrogens is 1560 g/mol. The number of ether oxygens (including phenoxy) is 8. The summed E-state index contributed by atoms with van der Waals surface area (Å²) in [5, 5.41) is 75.5. The van der Waals surface area contributed by atoms with Crippen LogP contribution in [0.3, 0.4) is 0 Å². The Kier molecular flexibility index (Phi) is 36.6. The van der Waals surface area contributed by atoms with Gasteiger partial charge in [-0.25, -0.2) is 16.2 Å². The number of carbonyl (C=O) groups excluding carboxylic acids is 5. The van der Waals surface area contributed by atoms with E-state index in [2.05, 4.69) is 50.1 Å². The number of anilines is 2. The molecule has 0 saturated carbocycles. The molecule has 0 saturated heterocycles. The standard InChI is InChI=1S/C55H49N7O10.C19H19N5O4.C18H15NO3/c1-2-61(48-19-15-46(16-20-48)59-60-47-17-21-49(22-18-47)62(66)67)31-32-72-54(65)55(39-58,29-27-52(63)70-35-33-68-50-23-11-44(12-24-50)42-7-3-40(37-56)4-8-42)30-28-53(64)71-36-34-69-51-25-13-45(14-26-51)43-9-5-41(38-57)6-10-43;1-3-23(12-13-28-19(25)14-20-2)17-8-4-15(5-9-17)21-22-16-6-10-18(11-7-16)24(26)27;1-2-18(20)22-12-11-21-17-9-7-16(8-10-17)15-5-3-14(13-19)4-6-15/h3-26H,2,27-36H2,1H3;4-11H,3,12-14H2,1H3;2-10H,1,11-12H2. The lowest BCUT2D eigenvalue weighted by Crippen LogP contribution is -2.36. The number of carbonyl (C=O) groups is 5. The van der Waals surface area contributed by atoms with E-state index in [1.807, 2.05) is 139 Å². The molecule has 10 rings (SSSR count). The highest BCUT2D eigenvalue weighted by Crippen LogP contribution is 2.34. The predicted octanol–water partition coefficient (Wildman–Crippen LogP) is 18.4. The first kappa shape index (κ1) is 91.3. The van der Waals surface area contributed by atoms with Gasteiger partial charge in [-0.1, -0.05) is 79.4 Å². The quantitative estimate of drug-likeness (QED) is 0.00503. The van der Waals surface area contributed by atoms with E-state index in [0.717, 1.165) is 57.4 Å². The van der Waals surface area contributed by atoms with E-state index in [4.69, 9.17) is 60.3 Å². The van der Waals surface area contributed by atoms with Gasteiger partial charge in [0.15, 0.2) is 5.41 Å². The van der Waals surface area contributed by atoms with Crippen LogP contribution in [0.5, 0.6) is 17.2 Å². The maximum atomic E-state index is 13.8. The van der Waals surface area contributed by atoms with Gasteiger partial charge in [0, 0.05) is 67.6 Å². The molecule has 0 aliphatic carbocycles. The molecule has 0 unspecified atom stereocenters. The molecule has 10 aromatic rings. The second-order valence-electron chi connectivity index (χ2n) is 26.0. The minimum atomic E-state index is -1.90. The molecule has 0 atom stereocenters. The number of nitro benzene ring substituents is 2. The van der Waals surface area contributed by atoms with Crippen LogP contribution in [-0.4, -0.2) is 125 Å². The fourth-order valence-corrected chi connectivity index (χ4v) is 11.4. The second kappa shape index (κ2) is 49.0. The summed E-state index contributed by atoms with van der Waals surface area (Å²) in [5.74, 6) is -1.45. The van der Waals surface area contributed by atoms with Crippen molar-refractivity contribution in [3.05, 3.63) is 304 Å². The summed E-state index contributed by atoms with van der Waals surface area (Å²) in [4.78, 5) is 89.5. The largest absolute Gasteiger partial charge is 0.490 e. The lowest BCUT2D eigenvalue weighted by atomic mass is 9.80. The summed E-state index contributed by atoms with van der Waals surface area (Å²) in [6, 6.07) is 78.2. The second-order valence-corrected chi connectivity index (χ2v) is 26.0. The normalized spacial score (nSPS) is 10.5. The fourth-order valence-electron chi connectivity index (χ4n) is 11.4. The SMILES string of the molecule is C=CC(=O)OCCOc1ccc(-c2ccc(C#N)cc2)cc1.CCN(CCOC(=O)C(C#N)(CCC(=O)OCCOc1ccc(-c2ccc(C#N)cc2)cc1)CCC(=O)OCCOc1ccc(-c2ccc(C#N)cc2)cc1)c1ccc(N=Nc2ccc([N+](=O)[O-])cc2)cc1.[C-]#[N+]CC(=O)OCCN(CC)c1ccc(N=Nc2ccc([N+](=O)[O-])cc2)cc1. The molecule has 0 aromatic heterocycles. The van der Waals surface area contributed by atoms with Crippen LogP contribution in [0.25, 0.3) is 38.2 Å². The molecule has 0 spiro atoms. The van der Waals surface area contributed by atoms with E-state index in [0.29, 0.717) is 69.8 Å². The molecule has 0 heterocycles. The monoisotopic (exact) mass is 1640 g/mol. The summed E-state index contributed by atoms with van der Waals surface area (Å²) in [5.41, 5.74) is 9.48. The Morgan fingerprint density at radius 3 is 1.00 bits per heavy atom. The van der Waals surface area contributed by atoms with Gasteiger partial charge in [0.05, 0.1) is 86.7 Å². The van der Waals surface area contributed by atoms with Crippen molar-refractivity contribution in [2.24, 2.45) is 25.9 Å². The van der Waals surface area contributed by atoms with Gasteiger partial charge in [0.1, 0.15) is 70.1 Å². The Bertz CT molecular complexity index is 5290. The smallest absolute Gasteiger partial charge is 0.387 e. The van der Waals surface area contributed by atoms with Crippen molar-refractivity contribution in [1.82, 2.24) is 0 Å². The maximum Gasteiger partial charge on any atom is 0.387 e. The number of likely N-dealkylation sites (N-methyl/N-ethyl adjacent to an activating group) is 2. The fraction of sp³-hybridized carbons (Fsp3) is 0.217. The third kappa shape index (κ3) is 30.1. The molecule has 122 heavy (non-hydrogen) atoms. The van der Waals surface area contributed by atoms with Crippen LogP contribution < -0.4 is 24.0 Å². The number of nitriles is 4. The number of hydrogen-bond donors (Lipinski definition) is 0. The van der Waals surface area contributed by atoms with Gasteiger partial charge < -0.3 is 52.5 Å². The van der Waals surface area contributed by atoms with E-state index in [9.17, 15) is 49.5 Å². The zero-order chi connectivity index (χ0) is 87.3. The van der Waals surface area contributed by atoms with Crippen LogP contribution in [-0.2, 0) is 47.7 Å². The summed E-state index contributed by atoms with van der Waals surface area (Å²) in [6.07, 6.45) is -0.123. The van der Waals surface area contributed by atoms with Crippen LogP contribution in [0.15, 0.2) is 276 Å². The van der Waals surface area contributed by atoms with E-state index in [-0.39, 0.29) is 103 Å². The molecule has 0 bridgehead atoms. The topological polar surface area (TPSA) is 401 Å². The summed E-state index contributed by atoms with van der Waals surface area (Å²) in [7, 11) is 0. The van der Waals surface area contributed by atoms with E-state index in [1.54, 1.807) is 84.9 Å². The minimum Gasteiger partial charge on any atom is -0.490 e. The average molecular weight is 1640 g/mol. The van der Waals surface area contributed by atoms with Crippen LogP contribution in [0, 0.1) is 77.5 Å². The first-order valence-corrected chi connectivity index (χ1v) is 38.2. The minimum absolute atomic E-state index is 0.00253. The Hall–Kier alpha value is -16.3. The number of hydrogen-bond acceptors (Lipinski definition) is 27. The Balaban J connectivity index is 0.000000298. The number of non-ortho nitro benzene ring substituents is 2. The van der Waals surface area contributed by atoms with Gasteiger partial charge in [-0.15, -0.1) is 0 Å². The van der Waals surface area contributed by atoms with Crippen molar-refractivity contribution in [2.45, 2.75) is 39.5 Å². The molecule has 0 radical (unpaired) electrons. The van der Waals surface area contributed by atoms with Gasteiger partial charge in [0.25, 0.3) is 11.4 Å². The third-order valence-corrected chi connectivity index (χ3v) is 18.0. The van der Waals surface area contributed by atoms with Crippen LogP contribution in [0.4, 0.5) is 45.5 Å². The Morgan fingerprint density at radius 2 is 0.713 bits per heavy atom. The van der Waals surface area contributed by atoms with Gasteiger partial charge in [0.2, 0.25) is 0 Å². The number of benzene rings is 10. The van der Waals surface area contributed by atoms with Crippen molar-refractivity contribution >= 4 is 75.3 Å². The Labute approximate surface area is 704 Å². The van der Waals surface area contributed by atoms with E-state index < -0.39 is 45.1 Å². The van der Waals surface area contributed by atoms with Crippen molar-refractivity contribution < 1.29 is 71.7 Å².